The highest BCUT2D eigenvalue weighted by Gasteiger charge is 2.59. The fourth-order valence-corrected chi connectivity index (χ4v) is 3.34. The van der Waals surface area contributed by atoms with Crippen LogP contribution >= 0.6 is 0 Å². The van der Waals surface area contributed by atoms with Crippen LogP contribution in [0, 0.1) is 17.3 Å². The first-order chi connectivity index (χ1) is 10.9. The summed E-state index contributed by atoms with van der Waals surface area (Å²) < 4.78 is 5.29. The molecule has 0 radical (unpaired) electrons. The van der Waals surface area contributed by atoms with Gasteiger partial charge in [0.15, 0.2) is 0 Å². The Kier molecular flexibility index (Phi) is 3.82. The molecule has 0 saturated heterocycles. The lowest BCUT2D eigenvalue weighted by atomic mass is 9.84. The topological polar surface area (TPSA) is 66.8 Å². The van der Waals surface area contributed by atoms with Crippen molar-refractivity contribution in [1.29, 1.82) is 0 Å². The lowest BCUT2D eigenvalue weighted by molar-refractivity contribution is -0.148. The predicted molar refractivity (Wildman–Crippen MR) is 86.7 cm³/mol. The zero-order chi connectivity index (χ0) is 16.8. The maximum absolute atomic E-state index is 12.9. The molecule has 0 bridgehead atoms. The summed E-state index contributed by atoms with van der Waals surface area (Å²) >= 11 is 0. The highest BCUT2D eigenvalue weighted by atomic mass is 16.5. The van der Waals surface area contributed by atoms with E-state index in [0.717, 1.165) is 23.4 Å². The van der Waals surface area contributed by atoms with Crippen LogP contribution in [0.3, 0.4) is 0 Å². The Morgan fingerprint density at radius 1 is 1.35 bits per heavy atom. The summed E-state index contributed by atoms with van der Waals surface area (Å²) in [5.74, 6) is 0.249. The number of carbonyl (C=O) groups is 2. The molecule has 5 heteroatoms. The van der Waals surface area contributed by atoms with E-state index in [2.05, 4.69) is 13.8 Å². The maximum atomic E-state index is 12.9. The minimum Gasteiger partial charge on any atom is -0.497 e. The van der Waals surface area contributed by atoms with Gasteiger partial charge in [-0.25, -0.2) is 0 Å². The van der Waals surface area contributed by atoms with Gasteiger partial charge in [0.25, 0.3) is 0 Å². The fourth-order valence-electron chi connectivity index (χ4n) is 3.34. The molecule has 1 aliphatic carbocycles. The van der Waals surface area contributed by atoms with Gasteiger partial charge < -0.3 is 14.7 Å². The highest BCUT2D eigenvalue weighted by molar-refractivity contribution is 6.12. The zero-order valence-corrected chi connectivity index (χ0v) is 13.8. The molecule has 1 unspecified atom stereocenters. The number of anilines is 1. The molecule has 1 atom stereocenters. The van der Waals surface area contributed by atoms with E-state index in [1.807, 2.05) is 18.2 Å². The normalized spacial score (nSPS) is 21.7. The SMILES string of the molecule is COc1ccc2c(c1)CC(C(C)C)CN2C(=O)C1(C(=O)O)CC1. The summed E-state index contributed by atoms with van der Waals surface area (Å²) in [6.07, 6.45) is 1.76. The number of ether oxygens (including phenoxy) is 1. The average Bonchev–Trinajstić information content (AvgIpc) is 3.34. The summed E-state index contributed by atoms with van der Waals surface area (Å²) in [5, 5.41) is 9.44. The van der Waals surface area contributed by atoms with Crippen molar-refractivity contribution in [3.63, 3.8) is 0 Å². The molecular weight excluding hydrogens is 294 g/mol. The Hall–Kier alpha value is -2.04. The third kappa shape index (κ3) is 2.58. The van der Waals surface area contributed by atoms with Crippen LogP contribution in [0.4, 0.5) is 5.69 Å². The Morgan fingerprint density at radius 2 is 2.04 bits per heavy atom. The quantitative estimate of drug-likeness (QED) is 0.867. The fraction of sp³-hybridized carbons (Fsp3) is 0.556. The second kappa shape index (κ2) is 5.55. The van der Waals surface area contributed by atoms with E-state index < -0.39 is 11.4 Å². The number of carboxylic acid groups (broad SMARTS) is 1. The molecule has 1 fully saturated rings. The Bertz CT molecular complexity index is 648. The zero-order valence-electron chi connectivity index (χ0n) is 13.8. The van der Waals surface area contributed by atoms with Crippen molar-refractivity contribution in [1.82, 2.24) is 0 Å². The van der Waals surface area contributed by atoms with Gasteiger partial charge in [-0.15, -0.1) is 0 Å². The lowest BCUT2D eigenvalue weighted by Crippen LogP contribution is -2.47. The van der Waals surface area contributed by atoms with E-state index in [1.54, 1.807) is 12.0 Å². The van der Waals surface area contributed by atoms with Crippen LogP contribution in [0.5, 0.6) is 5.75 Å². The van der Waals surface area contributed by atoms with Gasteiger partial charge in [-0.2, -0.15) is 0 Å². The Labute approximate surface area is 136 Å². The monoisotopic (exact) mass is 317 g/mol. The highest BCUT2D eigenvalue weighted by Crippen LogP contribution is 2.49. The molecule has 1 aliphatic heterocycles. The van der Waals surface area contributed by atoms with E-state index in [1.165, 1.54) is 0 Å². The maximum Gasteiger partial charge on any atom is 0.319 e. The van der Waals surface area contributed by atoms with E-state index in [4.69, 9.17) is 4.74 Å². The van der Waals surface area contributed by atoms with Crippen molar-refractivity contribution >= 4 is 17.6 Å². The van der Waals surface area contributed by atoms with Gasteiger partial charge >= 0.3 is 5.97 Å². The third-order valence-electron chi connectivity index (χ3n) is 5.23. The number of fused-ring (bicyclic) bond motifs is 1. The molecule has 1 N–H and O–H groups in total. The van der Waals surface area contributed by atoms with Crippen LogP contribution in [-0.4, -0.2) is 30.6 Å². The van der Waals surface area contributed by atoms with Crippen molar-refractivity contribution in [2.45, 2.75) is 33.1 Å². The summed E-state index contributed by atoms with van der Waals surface area (Å²) in [5.41, 5.74) is 0.694. The van der Waals surface area contributed by atoms with Gasteiger partial charge in [0, 0.05) is 12.2 Å². The van der Waals surface area contributed by atoms with Crippen molar-refractivity contribution in [3.8, 4) is 5.75 Å². The second-order valence-corrected chi connectivity index (χ2v) is 7.01. The number of carboxylic acids is 1. The number of nitrogens with zero attached hydrogens (tertiary/aromatic N) is 1. The molecule has 2 aliphatic rings. The molecule has 23 heavy (non-hydrogen) atoms. The number of carbonyl (C=O) groups excluding carboxylic acids is 1. The molecule has 1 saturated carbocycles. The van der Waals surface area contributed by atoms with Crippen LogP contribution in [0.15, 0.2) is 18.2 Å². The Morgan fingerprint density at radius 3 is 2.57 bits per heavy atom. The standard InChI is InChI=1S/C18H23NO4/c1-11(2)13-8-12-9-14(23-3)4-5-15(12)19(10-13)16(20)18(6-7-18)17(21)22/h4-5,9,11,13H,6-8,10H2,1-3H3,(H,21,22). The molecule has 5 nitrogen and oxygen atoms in total. The molecule has 0 spiro atoms. The number of aliphatic carboxylic acids is 1. The van der Waals surface area contributed by atoms with Crippen LogP contribution < -0.4 is 9.64 Å². The first-order valence-corrected chi connectivity index (χ1v) is 8.11. The first-order valence-electron chi connectivity index (χ1n) is 8.11. The van der Waals surface area contributed by atoms with Crippen LogP contribution in [0.2, 0.25) is 0 Å². The van der Waals surface area contributed by atoms with Crippen LogP contribution in [0.25, 0.3) is 0 Å². The van der Waals surface area contributed by atoms with E-state index in [9.17, 15) is 14.7 Å². The van der Waals surface area contributed by atoms with Crippen LogP contribution in [0.1, 0.15) is 32.3 Å². The number of hydrogen-bond acceptors (Lipinski definition) is 3. The number of rotatable bonds is 4. The summed E-state index contributed by atoms with van der Waals surface area (Å²) in [7, 11) is 1.62. The minimum atomic E-state index is -1.20. The smallest absolute Gasteiger partial charge is 0.319 e. The predicted octanol–water partition coefficient (Wildman–Crippen LogP) is 2.72. The lowest BCUT2D eigenvalue weighted by Gasteiger charge is -2.37. The number of methoxy groups -OCH3 is 1. The molecule has 124 valence electrons. The van der Waals surface area contributed by atoms with Crippen molar-refractivity contribution in [2.24, 2.45) is 17.3 Å². The van der Waals surface area contributed by atoms with Gasteiger partial charge in [-0.1, -0.05) is 13.8 Å². The average molecular weight is 317 g/mol. The summed E-state index contributed by atoms with van der Waals surface area (Å²) in [6, 6.07) is 5.67. The number of hydrogen-bond donors (Lipinski definition) is 1. The summed E-state index contributed by atoms with van der Waals surface area (Å²) in [6.45, 7) is 4.87. The van der Waals surface area contributed by atoms with Crippen molar-refractivity contribution in [3.05, 3.63) is 23.8 Å². The van der Waals surface area contributed by atoms with E-state index >= 15 is 0 Å². The van der Waals surface area contributed by atoms with Crippen LogP contribution in [-0.2, 0) is 16.0 Å². The van der Waals surface area contributed by atoms with Gasteiger partial charge in [0.2, 0.25) is 5.91 Å². The van der Waals surface area contributed by atoms with E-state index in [0.29, 0.717) is 31.2 Å². The van der Waals surface area contributed by atoms with E-state index in [-0.39, 0.29) is 5.91 Å². The largest absolute Gasteiger partial charge is 0.497 e. The van der Waals surface area contributed by atoms with Crippen molar-refractivity contribution in [2.75, 3.05) is 18.6 Å². The molecule has 1 amide bonds. The molecule has 0 aromatic heterocycles. The molecular formula is C18H23NO4. The van der Waals surface area contributed by atoms with Crippen molar-refractivity contribution < 1.29 is 19.4 Å². The number of amides is 1. The third-order valence-corrected chi connectivity index (χ3v) is 5.23. The second-order valence-electron chi connectivity index (χ2n) is 7.01. The molecule has 1 aromatic carbocycles. The Balaban J connectivity index is 2.00. The minimum absolute atomic E-state index is 0.262. The molecule has 1 heterocycles. The van der Waals surface area contributed by atoms with Gasteiger partial charge in [-0.3, -0.25) is 9.59 Å². The molecule has 1 aromatic rings. The van der Waals surface area contributed by atoms with Gasteiger partial charge in [0.05, 0.1) is 7.11 Å². The number of benzene rings is 1. The first kappa shape index (κ1) is 15.8. The van der Waals surface area contributed by atoms with Gasteiger partial charge in [0.1, 0.15) is 11.2 Å². The summed E-state index contributed by atoms with van der Waals surface area (Å²) in [4.78, 5) is 26.1. The van der Waals surface area contributed by atoms with Gasteiger partial charge in [-0.05, 0) is 54.9 Å². The molecule has 3 rings (SSSR count).